The Morgan fingerprint density at radius 3 is 2.27 bits per heavy atom. The van der Waals surface area contributed by atoms with Crippen molar-refractivity contribution in [3.8, 4) is 11.5 Å². The van der Waals surface area contributed by atoms with E-state index in [0.29, 0.717) is 31.4 Å². The molecule has 1 rings (SSSR count). The highest BCUT2D eigenvalue weighted by Crippen LogP contribution is 2.40. The molecule has 0 radical (unpaired) electrons. The van der Waals surface area contributed by atoms with Crippen LogP contribution in [0.1, 0.15) is 44.7 Å². The van der Waals surface area contributed by atoms with Crippen LogP contribution in [0, 0.1) is 0 Å². The molecule has 0 aromatic heterocycles. The summed E-state index contributed by atoms with van der Waals surface area (Å²) in [5.74, 6) is -0.258. The predicted octanol–water partition coefficient (Wildman–Crippen LogP) is 4.57. The van der Waals surface area contributed by atoms with E-state index in [9.17, 15) is 18.0 Å². The maximum Gasteiger partial charge on any atom is 0.573 e. The van der Waals surface area contributed by atoms with Crippen molar-refractivity contribution in [2.24, 2.45) is 0 Å². The van der Waals surface area contributed by atoms with E-state index in [1.165, 1.54) is 20.3 Å². The van der Waals surface area contributed by atoms with Crippen molar-refractivity contribution in [1.82, 2.24) is 5.32 Å². The van der Waals surface area contributed by atoms with Gasteiger partial charge in [0.05, 0.1) is 14.2 Å². The summed E-state index contributed by atoms with van der Waals surface area (Å²) in [4.78, 5) is 11.0. The number of ether oxygens (including phenoxy) is 3. The third kappa shape index (κ3) is 7.01. The Hall–Kier alpha value is -2.12. The van der Waals surface area contributed by atoms with Crippen molar-refractivity contribution >= 4 is 6.09 Å². The number of aryl methyl sites for hydroxylation is 1. The Balaban J connectivity index is 3.00. The molecule has 0 fully saturated rings. The second kappa shape index (κ2) is 9.00. The highest BCUT2D eigenvalue weighted by molar-refractivity contribution is 5.66. The number of unbranched alkanes of at least 4 members (excludes halogenated alkanes) is 1. The summed E-state index contributed by atoms with van der Waals surface area (Å²) in [5, 5.41) is 2.56. The van der Waals surface area contributed by atoms with E-state index >= 15 is 0 Å². The molecule has 0 aliphatic carbocycles. The van der Waals surface area contributed by atoms with Gasteiger partial charge in [-0.15, -0.1) is 13.2 Å². The van der Waals surface area contributed by atoms with Crippen LogP contribution in [-0.4, -0.2) is 33.2 Å². The van der Waals surface area contributed by atoms with Gasteiger partial charge in [-0.2, -0.15) is 0 Å². The fourth-order valence-electron chi connectivity index (χ4n) is 2.41. The monoisotopic (exact) mass is 377 g/mol. The number of carbonyl (C=O) groups excluding carboxylic acids is 1. The minimum absolute atomic E-state index is 0.0799. The highest BCUT2D eigenvalue weighted by Gasteiger charge is 2.34. The zero-order valence-electron chi connectivity index (χ0n) is 15.8. The standard InChI is InChI=1S/C18H26F3NO4/c1-17(2,3)13-10-12(8-6-7-9-22-16(23)25-5)15(24-4)14(11-13)26-18(19,20)21/h10-11H,6-9H2,1-5H3,(H,22,23). The van der Waals surface area contributed by atoms with E-state index in [1.54, 1.807) is 0 Å². The van der Waals surface area contributed by atoms with Gasteiger partial charge in [0, 0.05) is 6.54 Å². The summed E-state index contributed by atoms with van der Waals surface area (Å²) in [6.07, 6.45) is -3.53. The molecule has 0 aliphatic heterocycles. The molecular formula is C18H26F3NO4. The van der Waals surface area contributed by atoms with Crippen LogP contribution in [-0.2, 0) is 16.6 Å². The lowest BCUT2D eigenvalue weighted by Gasteiger charge is -2.24. The maximum atomic E-state index is 12.7. The van der Waals surface area contributed by atoms with Gasteiger partial charge in [0.25, 0.3) is 0 Å². The quantitative estimate of drug-likeness (QED) is 0.707. The fraction of sp³-hybridized carbons (Fsp3) is 0.611. The lowest BCUT2D eigenvalue weighted by atomic mass is 9.85. The first-order valence-electron chi connectivity index (χ1n) is 8.27. The zero-order valence-corrected chi connectivity index (χ0v) is 15.8. The normalized spacial score (nSPS) is 11.8. The van der Waals surface area contributed by atoms with Gasteiger partial charge in [-0.25, -0.2) is 4.79 Å². The molecule has 1 aromatic rings. The minimum atomic E-state index is -4.80. The predicted molar refractivity (Wildman–Crippen MR) is 91.7 cm³/mol. The molecule has 0 unspecified atom stereocenters. The summed E-state index contributed by atoms with van der Waals surface area (Å²) in [5.41, 5.74) is 1.01. The minimum Gasteiger partial charge on any atom is -0.493 e. The Bertz CT molecular complexity index is 610. The number of alkyl halides is 3. The van der Waals surface area contributed by atoms with Crippen LogP contribution in [0.25, 0.3) is 0 Å². The van der Waals surface area contributed by atoms with Crippen LogP contribution in [0.4, 0.5) is 18.0 Å². The number of methoxy groups -OCH3 is 2. The first-order chi connectivity index (χ1) is 12.0. The summed E-state index contributed by atoms with van der Waals surface area (Å²) >= 11 is 0. The van der Waals surface area contributed by atoms with Gasteiger partial charge in [-0.05, 0) is 41.9 Å². The molecule has 0 saturated heterocycles. The van der Waals surface area contributed by atoms with E-state index in [-0.39, 0.29) is 16.9 Å². The van der Waals surface area contributed by atoms with E-state index in [0.717, 1.165) is 5.56 Å². The van der Waals surface area contributed by atoms with E-state index in [4.69, 9.17) is 4.74 Å². The number of halogens is 3. The lowest BCUT2D eigenvalue weighted by Crippen LogP contribution is -2.24. The summed E-state index contributed by atoms with van der Waals surface area (Å²) in [6, 6.07) is 3.21. The second-order valence-corrected chi connectivity index (χ2v) is 6.84. The van der Waals surface area contributed by atoms with Crippen molar-refractivity contribution in [2.75, 3.05) is 20.8 Å². The number of hydrogen-bond acceptors (Lipinski definition) is 4. The molecule has 148 valence electrons. The average molecular weight is 377 g/mol. The van der Waals surface area contributed by atoms with Gasteiger partial charge in [-0.1, -0.05) is 26.8 Å². The van der Waals surface area contributed by atoms with Gasteiger partial charge >= 0.3 is 12.5 Å². The van der Waals surface area contributed by atoms with Crippen LogP contribution in [0.2, 0.25) is 0 Å². The number of hydrogen-bond donors (Lipinski definition) is 1. The number of carbonyl (C=O) groups is 1. The van der Waals surface area contributed by atoms with Gasteiger partial charge < -0.3 is 19.5 Å². The molecule has 0 bridgehead atoms. The van der Waals surface area contributed by atoms with Crippen molar-refractivity contribution in [1.29, 1.82) is 0 Å². The number of rotatable bonds is 7. The maximum absolute atomic E-state index is 12.7. The molecule has 0 saturated carbocycles. The van der Waals surface area contributed by atoms with Crippen LogP contribution < -0.4 is 14.8 Å². The molecule has 26 heavy (non-hydrogen) atoms. The SMILES string of the molecule is COC(=O)NCCCCc1cc(C(C)(C)C)cc(OC(F)(F)F)c1OC. The fourth-order valence-corrected chi connectivity index (χ4v) is 2.41. The third-order valence-electron chi connectivity index (χ3n) is 3.76. The summed E-state index contributed by atoms with van der Waals surface area (Å²) in [7, 11) is 2.60. The number of nitrogens with one attached hydrogen (secondary N) is 1. The lowest BCUT2D eigenvalue weighted by molar-refractivity contribution is -0.275. The van der Waals surface area contributed by atoms with Crippen molar-refractivity contribution < 1.29 is 32.2 Å². The molecule has 0 aliphatic rings. The first kappa shape index (κ1) is 21.9. The summed E-state index contributed by atoms with van der Waals surface area (Å²) < 4.78 is 52.1. The smallest absolute Gasteiger partial charge is 0.493 e. The van der Waals surface area contributed by atoms with Gasteiger partial charge in [0.1, 0.15) is 0 Å². The van der Waals surface area contributed by atoms with E-state index < -0.39 is 12.5 Å². The molecule has 0 spiro atoms. The Labute approximate surface area is 151 Å². The van der Waals surface area contributed by atoms with Crippen LogP contribution in [0.15, 0.2) is 12.1 Å². The molecule has 1 amide bonds. The highest BCUT2D eigenvalue weighted by atomic mass is 19.4. The Morgan fingerprint density at radius 1 is 1.12 bits per heavy atom. The third-order valence-corrected chi connectivity index (χ3v) is 3.76. The largest absolute Gasteiger partial charge is 0.573 e. The van der Waals surface area contributed by atoms with Crippen LogP contribution >= 0.6 is 0 Å². The molecule has 0 atom stereocenters. The van der Waals surface area contributed by atoms with Crippen LogP contribution in [0.5, 0.6) is 11.5 Å². The van der Waals surface area contributed by atoms with Gasteiger partial charge in [0.2, 0.25) is 0 Å². The average Bonchev–Trinajstić information content (AvgIpc) is 2.51. The Kier molecular flexibility index (Phi) is 7.59. The second-order valence-electron chi connectivity index (χ2n) is 6.84. The molecule has 1 aromatic carbocycles. The van der Waals surface area contributed by atoms with Crippen LogP contribution in [0.3, 0.4) is 0 Å². The molecule has 5 nitrogen and oxygen atoms in total. The molecule has 0 heterocycles. The molecule has 8 heteroatoms. The van der Waals surface area contributed by atoms with Gasteiger partial charge in [0.15, 0.2) is 11.5 Å². The van der Waals surface area contributed by atoms with E-state index in [2.05, 4.69) is 14.8 Å². The number of amides is 1. The molecule has 1 N–H and O–H groups in total. The van der Waals surface area contributed by atoms with Crippen molar-refractivity contribution in [3.63, 3.8) is 0 Å². The first-order valence-corrected chi connectivity index (χ1v) is 8.27. The Morgan fingerprint density at radius 2 is 1.77 bits per heavy atom. The topological polar surface area (TPSA) is 56.8 Å². The van der Waals surface area contributed by atoms with Crippen molar-refractivity contribution in [2.45, 2.75) is 51.8 Å². The van der Waals surface area contributed by atoms with E-state index in [1.807, 2.05) is 26.8 Å². The molecular weight excluding hydrogens is 351 g/mol. The number of benzene rings is 1. The van der Waals surface area contributed by atoms with Gasteiger partial charge in [-0.3, -0.25) is 0 Å². The summed E-state index contributed by atoms with van der Waals surface area (Å²) in [6.45, 7) is 6.16. The van der Waals surface area contributed by atoms with Crippen molar-refractivity contribution in [3.05, 3.63) is 23.3 Å². The number of alkyl carbamates (subject to hydrolysis) is 1. The zero-order chi connectivity index (χ0) is 20.0.